The third-order valence-electron chi connectivity index (χ3n) is 4.26. The van der Waals surface area contributed by atoms with E-state index >= 15 is 0 Å². The van der Waals surface area contributed by atoms with Crippen LogP contribution in [-0.2, 0) is 4.79 Å². The average Bonchev–Trinajstić information content (AvgIpc) is 3.33. The zero-order valence-corrected chi connectivity index (χ0v) is 14.4. The van der Waals surface area contributed by atoms with Crippen molar-refractivity contribution in [3.05, 3.63) is 42.9 Å². The lowest BCUT2D eigenvalue weighted by Crippen LogP contribution is -2.34. The molecule has 0 atom stereocenters. The lowest BCUT2D eigenvalue weighted by molar-refractivity contribution is -0.120. The molecule has 0 spiro atoms. The molecule has 3 aromatic rings. The van der Waals surface area contributed by atoms with Gasteiger partial charge in [0, 0.05) is 18.3 Å². The van der Waals surface area contributed by atoms with E-state index in [9.17, 15) is 4.79 Å². The minimum Gasteiger partial charge on any atom is -0.463 e. The van der Waals surface area contributed by atoms with Gasteiger partial charge in [0.2, 0.25) is 5.91 Å². The van der Waals surface area contributed by atoms with Crippen molar-refractivity contribution in [2.24, 2.45) is 5.92 Å². The number of amides is 1. The molecular weight excluding hydrogens is 336 g/mol. The van der Waals surface area contributed by atoms with E-state index in [4.69, 9.17) is 4.42 Å². The number of nitrogens with one attached hydrogen (secondary N) is 2. The molecule has 0 bridgehead atoms. The van der Waals surface area contributed by atoms with Crippen LogP contribution in [0.4, 0.5) is 5.13 Å². The third kappa shape index (κ3) is 3.47. The van der Waals surface area contributed by atoms with Gasteiger partial charge in [-0.15, -0.1) is 0 Å². The first kappa shape index (κ1) is 16.0. The number of hydrogen-bond acceptors (Lipinski definition) is 6. The van der Waals surface area contributed by atoms with Crippen LogP contribution in [0.25, 0.3) is 21.9 Å². The van der Waals surface area contributed by atoms with Crippen molar-refractivity contribution in [1.29, 1.82) is 0 Å². The fraction of sp³-hybridized carbons (Fsp3) is 0.278. The summed E-state index contributed by atoms with van der Waals surface area (Å²) >= 11 is 1.46. The zero-order chi connectivity index (χ0) is 17.1. The number of piperidine rings is 1. The van der Waals surface area contributed by atoms with Crippen LogP contribution in [0.3, 0.4) is 0 Å². The van der Waals surface area contributed by atoms with Crippen LogP contribution in [0, 0.1) is 5.92 Å². The first-order valence-corrected chi connectivity index (χ1v) is 9.09. The van der Waals surface area contributed by atoms with Gasteiger partial charge in [0.05, 0.1) is 11.1 Å². The minimum absolute atomic E-state index is 0.0431. The molecule has 2 N–H and O–H groups in total. The minimum atomic E-state index is 0.0431. The van der Waals surface area contributed by atoms with Crippen molar-refractivity contribution in [2.75, 3.05) is 18.4 Å². The van der Waals surface area contributed by atoms with E-state index in [0.717, 1.165) is 42.1 Å². The monoisotopic (exact) mass is 354 g/mol. The Kier molecular flexibility index (Phi) is 4.58. The topological polar surface area (TPSA) is 80.1 Å². The molecule has 0 aliphatic carbocycles. The van der Waals surface area contributed by atoms with Gasteiger partial charge in [-0.3, -0.25) is 9.78 Å². The summed E-state index contributed by atoms with van der Waals surface area (Å²) in [7, 11) is 0. The number of nitrogens with zero attached hydrogens (tertiary/aromatic N) is 2. The van der Waals surface area contributed by atoms with Gasteiger partial charge in [-0.25, -0.2) is 4.98 Å². The summed E-state index contributed by atoms with van der Waals surface area (Å²) in [5, 5.41) is 6.86. The molecule has 128 valence electrons. The van der Waals surface area contributed by atoms with E-state index in [-0.39, 0.29) is 11.8 Å². The van der Waals surface area contributed by atoms with Crippen LogP contribution in [0.1, 0.15) is 12.8 Å². The second-order valence-electron chi connectivity index (χ2n) is 5.92. The van der Waals surface area contributed by atoms with Crippen LogP contribution >= 0.6 is 11.3 Å². The molecule has 0 unspecified atom stereocenters. The molecule has 4 heterocycles. The summed E-state index contributed by atoms with van der Waals surface area (Å²) in [6.07, 6.45) is 6.83. The number of aromatic nitrogens is 2. The lowest BCUT2D eigenvalue weighted by atomic mass is 9.97. The molecule has 25 heavy (non-hydrogen) atoms. The van der Waals surface area contributed by atoms with Crippen molar-refractivity contribution in [3.8, 4) is 21.9 Å². The molecule has 0 radical (unpaired) electrons. The molecule has 0 aromatic carbocycles. The highest BCUT2D eigenvalue weighted by Gasteiger charge is 2.23. The molecule has 1 aliphatic heterocycles. The molecule has 4 rings (SSSR count). The van der Waals surface area contributed by atoms with E-state index in [1.807, 2.05) is 24.3 Å². The van der Waals surface area contributed by atoms with E-state index in [1.165, 1.54) is 11.3 Å². The highest BCUT2D eigenvalue weighted by atomic mass is 32.1. The van der Waals surface area contributed by atoms with Crippen molar-refractivity contribution < 1.29 is 9.21 Å². The van der Waals surface area contributed by atoms with Crippen molar-refractivity contribution in [2.45, 2.75) is 12.8 Å². The van der Waals surface area contributed by atoms with E-state index in [1.54, 1.807) is 18.7 Å². The Hall–Kier alpha value is -2.51. The first-order chi connectivity index (χ1) is 12.3. The predicted octanol–water partition coefficient (Wildman–Crippen LogP) is 3.40. The van der Waals surface area contributed by atoms with Crippen molar-refractivity contribution >= 4 is 22.4 Å². The maximum Gasteiger partial charge on any atom is 0.229 e. The summed E-state index contributed by atoms with van der Waals surface area (Å²) in [4.78, 5) is 22.1. The van der Waals surface area contributed by atoms with E-state index in [0.29, 0.717) is 10.9 Å². The largest absolute Gasteiger partial charge is 0.463 e. The van der Waals surface area contributed by atoms with Gasteiger partial charge in [0.15, 0.2) is 10.9 Å². The number of thiazole rings is 1. The molecule has 1 saturated heterocycles. The predicted molar refractivity (Wildman–Crippen MR) is 97.3 cm³/mol. The number of hydrogen-bond donors (Lipinski definition) is 2. The fourth-order valence-electron chi connectivity index (χ4n) is 2.94. The van der Waals surface area contributed by atoms with Gasteiger partial charge in [-0.1, -0.05) is 11.3 Å². The number of pyridine rings is 1. The molecule has 7 heteroatoms. The summed E-state index contributed by atoms with van der Waals surface area (Å²) in [5.41, 5.74) is 1.74. The highest BCUT2D eigenvalue weighted by Crippen LogP contribution is 2.39. The lowest BCUT2D eigenvalue weighted by Gasteiger charge is -2.20. The Bertz CT molecular complexity index is 839. The van der Waals surface area contributed by atoms with Gasteiger partial charge in [0.1, 0.15) is 5.69 Å². The standard InChI is InChI=1S/C18H18N4O2S/c23-17(13-5-9-20-10-6-13)22-18-21-15(14-2-1-11-24-14)16(25-18)12-3-7-19-8-4-12/h1-4,7-8,11,13,20H,5-6,9-10H2,(H,21,22,23). The SMILES string of the molecule is O=C(Nc1nc(-c2ccco2)c(-c2ccncc2)s1)C1CCNCC1. The molecule has 0 saturated carbocycles. The van der Waals surface area contributed by atoms with Gasteiger partial charge in [-0.05, 0) is 55.8 Å². The van der Waals surface area contributed by atoms with Gasteiger partial charge in [0.25, 0.3) is 0 Å². The summed E-state index contributed by atoms with van der Waals surface area (Å²) < 4.78 is 5.52. The summed E-state index contributed by atoms with van der Waals surface area (Å²) in [5.74, 6) is 0.773. The van der Waals surface area contributed by atoms with E-state index < -0.39 is 0 Å². The normalized spacial score (nSPS) is 15.2. The van der Waals surface area contributed by atoms with Gasteiger partial charge >= 0.3 is 0 Å². The van der Waals surface area contributed by atoms with Gasteiger partial charge < -0.3 is 15.1 Å². The number of rotatable bonds is 4. The fourth-order valence-corrected chi connectivity index (χ4v) is 3.92. The van der Waals surface area contributed by atoms with Crippen molar-refractivity contribution in [3.63, 3.8) is 0 Å². The van der Waals surface area contributed by atoms with E-state index in [2.05, 4.69) is 20.6 Å². The molecule has 6 nitrogen and oxygen atoms in total. The van der Waals surface area contributed by atoms with Crippen LogP contribution in [0.15, 0.2) is 47.3 Å². The maximum atomic E-state index is 12.5. The highest BCUT2D eigenvalue weighted by molar-refractivity contribution is 7.19. The van der Waals surface area contributed by atoms with Crippen LogP contribution < -0.4 is 10.6 Å². The van der Waals surface area contributed by atoms with Crippen LogP contribution in [-0.4, -0.2) is 29.0 Å². The number of carbonyl (C=O) groups is 1. The Morgan fingerprint density at radius 3 is 2.76 bits per heavy atom. The smallest absolute Gasteiger partial charge is 0.229 e. The Morgan fingerprint density at radius 1 is 1.24 bits per heavy atom. The second kappa shape index (κ2) is 7.16. The first-order valence-electron chi connectivity index (χ1n) is 8.28. The molecule has 1 fully saturated rings. The van der Waals surface area contributed by atoms with Crippen molar-refractivity contribution in [1.82, 2.24) is 15.3 Å². The molecule has 1 amide bonds. The molecule has 1 aliphatic rings. The summed E-state index contributed by atoms with van der Waals surface area (Å²) in [6, 6.07) is 7.56. The average molecular weight is 354 g/mol. The van der Waals surface area contributed by atoms with Crippen LogP contribution in [0.5, 0.6) is 0 Å². The maximum absolute atomic E-state index is 12.5. The Morgan fingerprint density at radius 2 is 2.04 bits per heavy atom. The summed E-state index contributed by atoms with van der Waals surface area (Å²) in [6.45, 7) is 1.77. The third-order valence-corrected chi connectivity index (χ3v) is 5.28. The number of furan rings is 1. The Labute approximate surface area is 149 Å². The number of carbonyl (C=O) groups excluding carboxylic acids is 1. The molecule has 3 aromatic heterocycles. The number of anilines is 1. The zero-order valence-electron chi connectivity index (χ0n) is 13.6. The Balaban J connectivity index is 1.64. The quantitative estimate of drug-likeness (QED) is 0.750. The second-order valence-corrected chi connectivity index (χ2v) is 6.92. The van der Waals surface area contributed by atoms with Crippen LogP contribution in [0.2, 0.25) is 0 Å². The molecular formula is C18H18N4O2S. The van der Waals surface area contributed by atoms with Gasteiger partial charge in [-0.2, -0.15) is 0 Å².